The van der Waals surface area contributed by atoms with Gasteiger partial charge in [-0.3, -0.25) is 4.90 Å². The molecule has 0 radical (unpaired) electrons. The zero-order valence-corrected chi connectivity index (χ0v) is 15.9. The third-order valence-electron chi connectivity index (χ3n) is 4.83. The van der Waals surface area contributed by atoms with Gasteiger partial charge in [-0.05, 0) is 49.7 Å². The minimum absolute atomic E-state index is 0.303. The highest BCUT2D eigenvalue weighted by atomic mass is 79.9. The molecule has 1 saturated heterocycles. The molecule has 6 heteroatoms. The van der Waals surface area contributed by atoms with Gasteiger partial charge in [-0.2, -0.15) is 4.98 Å². The van der Waals surface area contributed by atoms with Crippen molar-refractivity contribution in [3.8, 4) is 17.1 Å². The molecule has 4 rings (SSSR count). The van der Waals surface area contributed by atoms with Crippen molar-refractivity contribution in [2.75, 3.05) is 13.1 Å². The van der Waals surface area contributed by atoms with Gasteiger partial charge in [0.2, 0.25) is 11.7 Å². The van der Waals surface area contributed by atoms with Crippen molar-refractivity contribution in [2.45, 2.75) is 25.3 Å². The Bertz CT molecular complexity index is 874. The summed E-state index contributed by atoms with van der Waals surface area (Å²) in [5.41, 5.74) is 2.08. The topological polar surface area (TPSA) is 62.4 Å². The number of likely N-dealkylation sites (tertiary alicyclic amines) is 1. The number of hydrogen-bond donors (Lipinski definition) is 1. The standard InChI is InChI=1S/C20H20BrN3O2/c21-18-7-6-17(25)12-16(18)13-24-10-8-15(9-11-24)20-22-19(23-26-20)14-4-2-1-3-5-14/h1-7,12,15,25H,8-11,13H2. The lowest BCUT2D eigenvalue weighted by atomic mass is 9.96. The summed E-state index contributed by atoms with van der Waals surface area (Å²) in [6.07, 6.45) is 1.99. The minimum atomic E-state index is 0.303. The molecular formula is C20H20BrN3O2. The number of hydrogen-bond acceptors (Lipinski definition) is 5. The van der Waals surface area contributed by atoms with E-state index < -0.39 is 0 Å². The van der Waals surface area contributed by atoms with E-state index in [9.17, 15) is 5.11 Å². The first-order chi connectivity index (χ1) is 12.7. The number of phenolic OH excluding ortho intramolecular Hbond substituents is 1. The zero-order chi connectivity index (χ0) is 17.9. The van der Waals surface area contributed by atoms with Gasteiger partial charge in [0.15, 0.2) is 0 Å². The van der Waals surface area contributed by atoms with Crippen molar-refractivity contribution < 1.29 is 9.63 Å². The van der Waals surface area contributed by atoms with Crippen molar-refractivity contribution in [3.05, 3.63) is 64.5 Å². The quantitative estimate of drug-likeness (QED) is 0.677. The average molecular weight is 414 g/mol. The summed E-state index contributed by atoms with van der Waals surface area (Å²) in [6.45, 7) is 2.76. The van der Waals surface area contributed by atoms with Crippen LogP contribution in [-0.4, -0.2) is 33.2 Å². The second-order valence-corrected chi connectivity index (χ2v) is 7.50. The predicted molar refractivity (Wildman–Crippen MR) is 103 cm³/mol. The molecule has 3 aromatic rings. The summed E-state index contributed by atoms with van der Waals surface area (Å²) >= 11 is 3.56. The van der Waals surface area contributed by atoms with Crippen LogP contribution in [0.2, 0.25) is 0 Å². The first kappa shape index (κ1) is 17.2. The number of piperidine rings is 1. The van der Waals surface area contributed by atoms with Crippen molar-refractivity contribution in [2.24, 2.45) is 0 Å². The maximum absolute atomic E-state index is 9.69. The summed E-state index contributed by atoms with van der Waals surface area (Å²) in [6, 6.07) is 15.3. The summed E-state index contributed by atoms with van der Waals surface area (Å²) in [4.78, 5) is 7.00. The Morgan fingerprint density at radius 1 is 1.12 bits per heavy atom. The lowest BCUT2D eigenvalue weighted by Crippen LogP contribution is -2.32. The fourth-order valence-corrected chi connectivity index (χ4v) is 3.74. The van der Waals surface area contributed by atoms with Crippen molar-refractivity contribution >= 4 is 15.9 Å². The monoisotopic (exact) mass is 413 g/mol. The van der Waals surface area contributed by atoms with E-state index in [1.54, 1.807) is 6.07 Å². The molecule has 1 aromatic heterocycles. The Morgan fingerprint density at radius 3 is 2.65 bits per heavy atom. The lowest BCUT2D eigenvalue weighted by Gasteiger charge is -2.30. The zero-order valence-electron chi connectivity index (χ0n) is 14.3. The van der Waals surface area contributed by atoms with E-state index in [-0.39, 0.29) is 0 Å². The van der Waals surface area contributed by atoms with Gasteiger partial charge in [-0.15, -0.1) is 0 Å². The highest BCUT2D eigenvalue weighted by Gasteiger charge is 2.25. The van der Waals surface area contributed by atoms with Gasteiger partial charge in [0.1, 0.15) is 5.75 Å². The van der Waals surface area contributed by atoms with Crippen LogP contribution in [0.4, 0.5) is 0 Å². The molecule has 134 valence electrons. The Balaban J connectivity index is 1.38. The summed E-state index contributed by atoms with van der Waals surface area (Å²) in [5.74, 6) is 2.01. The van der Waals surface area contributed by atoms with Crippen LogP contribution in [0.15, 0.2) is 57.5 Å². The lowest BCUT2D eigenvalue weighted by molar-refractivity contribution is 0.187. The second-order valence-electron chi connectivity index (χ2n) is 6.65. The van der Waals surface area contributed by atoms with Gasteiger partial charge in [0.05, 0.1) is 0 Å². The van der Waals surface area contributed by atoms with Gasteiger partial charge >= 0.3 is 0 Å². The van der Waals surface area contributed by atoms with Gasteiger partial charge in [0, 0.05) is 22.5 Å². The van der Waals surface area contributed by atoms with Crippen LogP contribution >= 0.6 is 15.9 Å². The first-order valence-corrected chi connectivity index (χ1v) is 9.57. The van der Waals surface area contributed by atoms with Crippen LogP contribution in [0.25, 0.3) is 11.4 Å². The molecule has 0 atom stereocenters. The Kier molecular flexibility index (Phi) is 5.04. The third kappa shape index (κ3) is 3.81. The third-order valence-corrected chi connectivity index (χ3v) is 5.61. The highest BCUT2D eigenvalue weighted by Crippen LogP contribution is 2.30. The number of rotatable bonds is 4. The molecule has 1 aliphatic rings. The minimum Gasteiger partial charge on any atom is -0.508 e. The SMILES string of the molecule is Oc1ccc(Br)c(CN2CCC(c3nc(-c4ccccc4)no3)CC2)c1. The number of halogens is 1. The van der Waals surface area contributed by atoms with Crippen LogP contribution in [0.3, 0.4) is 0 Å². The van der Waals surface area contributed by atoms with Crippen molar-refractivity contribution in [1.29, 1.82) is 0 Å². The maximum atomic E-state index is 9.69. The van der Waals surface area contributed by atoms with E-state index in [0.29, 0.717) is 17.5 Å². The Labute approximate surface area is 160 Å². The molecule has 1 aliphatic heterocycles. The van der Waals surface area contributed by atoms with Crippen LogP contribution in [-0.2, 0) is 6.54 Å². The Morgan fingerprint density at radius 2 is 1.88 bits per heavy atom. The average Bonchev–Trinajstić information content (AvgIpc) is 3.16. The molecule has 26 heavy (non-hydrogen) atoms. The van der Waals surface area contributed by atoms with Crippen molar-refractivity contribution in [1.82, 2.24) is 15.0 Å². The molecule has 1 fully saturated rings. The molecule has 5 nitrogen and oxygen atoms in total. The van der Waals surface area contributed by atoms with E-state index in [1.165, 1.54) is 0 Å². The van der Waals surface area contributed by atoms with Gasteiger partial charge in [0.25, 0.3) is 0 Å². The highest BCUT2D eigenvalue weighted by molar-refractivity contribution is 9.10. The van der Waals surface area contributed by atoms with E-state index in [2.05, 4.69) is 31.0 Å². The van der Waals surface area contributed by atoms with E-state index in [4.69, 9.17) is 4.52 Å². The molecule has 2 aromatic carbocycles. The number of nitrogens with zero attached hydrogens (tertiary/aromatic N) is 3. The predicted octanol–water partition coefficient (Wildman–Crippen LogP) is 4.58. The number of benzene rings is 2. The van der Waals surface area contributed by atoms with E-state index in [0.717, 1.165) is 54.0 Å². The van der Waals surface area contributed by atoms with Crippen molar-refractivity contribution in [3.63, 3.8) is 0 Å². The van der Waals surface area contributed by atoms with E-state index >= 15 is 0 Å². The van der Waals surface area contributed by atoms with Crippen LogP contribution in [0.5, 0.6) is 5.75 Å². The number of aromatic hydroxyl groups is 1. The number of phenols is 1. The second kappa shape index (κ2) is 7.60. The van der Waals surface area contributed by atoms with Crippen LogP contribution in [0, 0.1) is 0 Å². The molecule has 0 saturated carbocycles. The van der Waals surface area contributed by atoms with Gasteiger partial charge in [-0.25, -0.2) is 0 Å². The number of aromatic nitrogens is 2. The first-order valence-electron chi connectivity index (χ1n) is 8.78. The molecule has 2 heterocycles. The maximum Gasteiger partial charge on any atom is 0.230 e. The fourth-order valence-electron chi connectivity index (χ4n) is 3.37. The normalized spacial score (nSPS) is 16.0. The fraction of sp³-hybridized carbons (Fsp3) is 0.300. The van der Waals surface area contributed by atoms with Crippen LogP contribution < -0.4 is 0 Å². The van der Waals surface area contributed by atoms with Gasteiger partial charge < -0.3 is 9.63 Å². The molecule has 0 spiro atoms. The summed E-state index contributed by atoms with van der Waals surface area (Å²) in [7, 11) is 0. The molecular weight excluding hydrogens is 394 g/mol. The van der Waals surface area contributed by atoms with Gasteiger partial charge in [-0.1, -0.05) is 51.4 Å². The van der Waals surface area contributed by atoms with E-state index in [1.807, 2.05) is 42.5 Å². The summed E-state index contributed by atoms with van der Waals surface area (Å²) < 4.78 is 6.56. The molecule has 0 unspecified atom stereocenters. The largest absolute Gasteiger partial charge is 0.508 e. The smallest absolute Gasteiger partial charge is 0.230 e. The molecule has 0 bridgehead atoms. The van der Waals surface area contributed by atoms with Crippen LogP contribution in [0.1, 0.15) is 30.2 Å². The molecule has 0 aliphatic carbocycles. The Hall–Kier alpha value is -2.18. The molecule has 1 N–H and O–H groups in total. The summed E-state index contributed by atoms with van der Waals surface area (Å²) in [5, 5.41) is 13.8. The molecule has 0 amide bonds.